The third-order valence-corrected chi connectivity index (χ3v) is 1.90. The molecule has 78 valence electrons. The third kappa shape index (κ3) is 3.07. The quantitative estimate of drug-likeness (QED) is 0.739. The van der Waals surface area contributed by atoms with Gasteiger partial charge in [-0.3, -0.25) is 0 Å². The Morgan fingerprint density at radius 1 is 1.29 bits per heavy atom. The van der Waals surface area contributed by atoms with Crippen LogP contribution in [0.3, 0.4) is 0 Å². The van der Waals surface area contributed by atoms with Crippen LogP contribution >= 0.6 is 0 Å². The van der Waals surface area contributed by atoms with E-state index >= 15 is 0 Å². The molecule has 0 bridgehead atoms. The van der Waals surface area contributed by atoms with Crippen molar-refractivity contribution >= 4 is 0 Å². The highest BCUT2D eigenvalue weighted by molar-refractivity contribution is 5.03. The smallest absolute Gasteiger partial charge is 0.157 e. The van der Waals surface area contributed by atoms with Crippen molar-refractivity contribution in [2.45, 2.75) is 46.3 Å². The summed E-state index contributed by atoms with van der Waals surface area (Å²) in [6, 6.07) is 0. The molecule has 0 aliphatic carbocycles. The highest BCUT2D eigenvalue weighted by atomic mass is 16.5. The fourth-order valence-corrected chi connectivity index (χ4v) is 1.24. The molecule has 0 aliphatic heterocycles. The Kier molecular flexibility index (Phi) is 4.01. The maximum atomic E-state index is 5.70. The standard InChI is InChI=1S/C11H18N2O/c1-5-10(14-8(2)3)11-12-6-9(4)7-13-11/h6-8,10H,5H2,1-4H3. The monoisotopic (exact) mass is 194 g/mol. The van der Waals surface area contributed by atoms with Gasteiger partial charge in [-0.15, -0.1) is 0 Å². The molecule has 0 spiro atoms. The predicted molar refractivity (Wildman–Crippen MR) is 56.0 cm³/mol. The van der Waals surface area contributed by atoms with Gasteiger partial charge in [0.25, 0.3) is 0 Å². The van der Waals surface area contributed by atoms with Gasteiger partial charge in [-0.2, -0.15) is 0 Å². The minimum absolute atomic E-state index is 0.0237. The van der Waals surface area contributed by atoms with Gasteiger partial charge in [0.05, 0.1) is 6.10 Å². The van der Waals surface area contributed by atoms with E-state index in [0.29, 0.717) is 0 Å². The van der Waals surface area contributed by atoms with Crippen molar-refractivity contribution in [3.63, 3.8) is 0 Å². The van der Waals surface area contributed by atoms with Crippen molar-refractivity contribution in [1.82, 2.24) is 9.97 Å². The number of hydrogen-bond donors (Lipinski definition) is 0. The first-order chi connectivity index (χ1) is 6.63. The van der Waals surface area contributed by atoms with Crippen molar-refractivity contribution in [3.05, 3.63) is 23.8 Å². The van der Waals surface area contributed by atoms with Crippen LogP contribution in [-0.4, -0.2) is 16.1 Å². The predicted octanol–water partition coefficient (Wildman–Crippen LogP) is 2.66. The summed E-state index contributed by atoms with van der Waals surface area (Å²) in [7, 11) is 0. The average Bonchev–Trinajstić information content (AvgIpc) is 2.15. The molecule has 14 heavy (non-hydrogen) atoms. The summed E-state index contributed by atoms with van der Waals surface area (Å²) in [5, 5.41) is 0. The van der Waals surface area contributed by atoms with E-state index in [9.17, 15) is 0 Å². The second-order valence-corrected chi connectivity index (χ2v) is 3.70. The van der Waals surface area contributed by atoms with Gasteiger partial charge in [0.2, 0.25) is 0 Å². The van der Waals surface area contributed by atoms with Crippen molar-refractivity contribution in [3.8, 4) is 0 Å². The van der Waals surface area contributed by atoms with E-state index in [0.717, 1.165) is 17.8 Å². The zero-order valence-corrected chi connectivity index (χ0v) is 9.32. The van der Waals surface area contributed by atoms with Crippen molar-refractivity contribution in [2.75, 3.05) is 0 Å². The van der Waals surface area contributed by atoms with Crippen molar-refractivity contribution in [2.24, 2.45) is 0 Å². The summed E-state index contributed by atoms with van der Waals surface area (Å²) >= 11 is 0. The minimum Gasteiger partial charge on any atom is -0.368 e. The van der Waals surface area contributed by atoms with Crippen LogP contribution in [0.5, 0.6) is 0 Å². The second kappa shape index (κ2) is 5.05. The van der Waals surface area contributed by atoms with Gasteiger partial charge in [-0.05, 0) is 32.8 Å². The van der Waals surface area contributed by atoms with Crippen LogP contribution in [-0.2, 0) is 4.74 Å². The first-order valence-electron chi connectivity index (χ1n) is 5.07. The van der Waals surface area contributed by atoms with E-state index in [-0.39, 0.29) is 12.2 Å². The lowest BCUT2D eigenvalue weighted by molar-refractivity contribution is -0.000589. The number of aromatic nitrogens is 2. The summed E-state index contributed by atoms with van der Waals surface area (Å²) in [5.74, 6) is 0.784. The van der Waals surface area contributed by atoms with Crippen LogP contribution in [0.2, 0.25) is 0 Å². The highest BCUT2D eigenvalue weighted by Crippen LogP contribution is 2.18. The first-order valence-corrected chi connectivity index (χ1v) is 5.07. The SMILES string of the molecule is CCC(OC(C)C)c1ncc(C)cn1. The maximum absolute atomic E-state index is 5.70. The van der Waals surface area contributed by atoms with Crippen LogP contribution in [0.1, 0.15) is 44.7 Å². The number of hydrogen-bond acceptors (Lipinski definition) is 3. The van der Waals surface area contributed by atoms with E-state index in [1.54, 1.807) is 0 Å². The molecule has 3 heteroatoms. The molecule has 0 fully saturated rings. The molecule has 0 aliphatic rings. The molecule has 1 heterocycles. The van der Waals surface area contributed by atoms with Gasteiger partial charge >= 0.3 is 0 Å². The molecule has 1 rings (SSSR count). The van der Waals surface area contributed by atoms with Gasteiger partial charge in [0.15, 0.2) is 5.82 Å². The zero-order chi connectivity index (χ0) is 10.6. The second-order valence-electron chi connectivity index (χ2n) is 3.70. The van der Waals surface area contributed by atoms with Gasteiger partial charge in [-0.1, -0.05) is 6.92 Å². The van der Waals surface area contributed by atoms with Crippen LogP contribution in [0, 0.1) is 6.92 Å². The average molecular weight is 194 g/mol. The number of nitrogens with zero attached hydrogens (tertiary/aromatic N) is 2. The van der Waals surface area contributed by atoms with E-state index < -0.39 is 0 Å². The van der Waals surface area contributed by atoms with Crippen LogP contribution in [0.25, 0.3) is 0 Å². The molecule has 1 aromatic heterocycles. The van der Waals surface area contributed by atoms with Gasteiger partial charge in [0.1, 0.15) is 6.10 Å². The molecule has 0 aromatic carbocycles. The Balaban J connectivity index is 2.73. The summed E-state index contributed by atoms with van der Waals surface area (Å²) in [4.78, 5) is 8.53. The van der Waals surface area contributed by atoms with Crippen LogP contribution in [0.4, 0.5) is 0 Å². The van der Waals surface area contributed by atoms with Crippen LogP contribution < -0.4 is 0 Å². The zero-order valence-electron chi connectivity index (χ0n) is 9.32. The molecule has 1 atom stereocenters. The van der Waals surface area contributed by atoms with Crippen LogP contribution in [0.15, 0.2) is 12.4 Å². The first kappa shape index (κ1) is 11.1. The largest absolute Gasteiger partial charge is 0.368 e. The summed E-state index contributed by atoms with van der Waals surface area (Å²) < 4.78 is 5.70. The Morgan fingerprint density at radius 2 is 1.86 bits per heavy atom. The van der Waals surface area contributed by atoms with Gasteiger partial charge in [0, 0.05) is 12.4 Å². The Labute approximate surface area is 85.5 Å². The molecule has 0 radical (unpaired) electrons. The molecule has 1 aromatic rings. The van der Waals surface area contributed by atoms with E-state index in [1.807, 2.05) is 33.2 Å². The molecule has 0 amide bonds. The van der Waals surface area contributed by atoms with Crippen molar-refractivity contribution < 1.29 is 4.74 Å². The van der Waals surface area contributed by atoms with Gasteiger partial charge in [-0.25, -0.2) is 9.97 Å². The lowest BCUT2D eigenvalue weighted by Crippen LogP contribution is -2.12. The fourth-order valence-electron chi connectivity index (χ4n) is 1.24. The molecule has 3 nitrogen and oxygen atoms in total. The lowest BCUT2D eigenvalue weighted by atomic mass is 10.2. The molecular weight excluding hydrogens is 176 g/mol. The lowest BCUT2D eigenvalue weighted by Gasteiger charge is -2.17. The van der Waals surface area contributed by atoms with Crippen molar-refractivity contribution in [1.29, 1.82) is 0 Å². The molecule has 0 saturated carbocycles. The Hall–Kier alpha value is -0.960. The third-order valence-electron chi connectivity index (χ3n) is 1.90. The Morgan fingerprint density at radius 3 is 2.29 bits per heavy atom. The summed E-state index contributed by atoms with van der Waals surface area (Å²) in [6.45, 7) is 8.11. The fraction of sp³-hybridized carbons (Fsp3) is 0.636. The molecule has 1 unspecified atom stereocenters. The highest BCUT2D eigenvalue weighted by Gasteiger charge is 2.13. The normalized spacial score (nSPS) is 13.2. The molecular formula is C11H18N2O. The summed E-state index contributed by atoms with van der Waals surface area (Å²) in [5.41, 5.74) is 1.08. The topological polar surface area (TPSA) is 35.0 Å². The van der Waals surface area contributed by atoms with Gasteiger partial charge < -0.3 is 4.74 Å². The molecule has 0 N–H and O–H groups in total. The van der Waals surface area contributed by atoms with E-state index in [4.69, 9.17) is 4.74 Å². The number of ether oxygens (including phenoxy) is 1. The van der Waals surface area contributed by atoms with E-state index in [2.05, 4.69) is 16.9 Å². The van der Waals surface area contributed by atoms with E-state index in [1.165, 1.54) is 0 Å². The number of rotatable bonds is 4. The Bertz CT molecular complexity index is 269. The molecule has 0 saturated heterocycles. The maximum Gasteiger partial charge on any atom is 0.157 e. The number of aryl methyl sites for hydroxylation is 1. The summed E-state index contributed by atoms with van der Waals surface area (Å²) in [6.07, 6.45) is 4.80. The minimum atomic E-state index is 0.0237.